The fourth-order valence-corrected chi connectivity index (χ4v) is 3.41. The van der Waals surface area contributed by atoms with E-state index in [1.165, 1.54) is 11.9 Å². The SMILES string of the molecule is CNC(=O)c1cccc(NC(=O)CCN2C(=O)C3CC=CCC3C2=O)c1. The molecule has 26 heavy (non-hydrogen) atoms. The zero-order valence-electron chi connectivity index (χ0n) is 14.5. The molecule has 2 unspecified atom stereocenters. The molecular weight excluding hydrogens is 334 g/mol. The molecule has 0 aromatic heterocycles. The summed E-state index contributed by atoms with van der Waals surface area (Å²) in [5.41, 5.74) is 0.930. The Balaban J connectivity index is 1.57. The van der Waals surface area contributed by atoms with Crippen LogP contribution in [0.2, 0.25) is 0 Å². The van der Waals surface area contributed by atoms with Crippen LogP contribution < -0.4 is 10.6 Å². The van der Waals surface area contributed by atoms with Crippen LogP contribution in [-0.4, -0.2) is 42.1 Å². The average Bonchev–Trinajstić information content (AvgIpc) is 2.90. The molecule has 4 amide bonds. The highest BCUT2D eigenvalue weighted by atomic mass is 16.2. The van der Waals surface area contributed by atoms with Crippen LogP contribution in [0.25, 0.3) is 0 Å². The molecule has 1 aliphatic carbocycles. The van der Waals surface area contributed by atoms with Crippen molar-refractivity contribution >= 4 is 29.3 Å². The largest absolute Gasteiger partial charge is 0.355 e. The number of allylic oxidation sites excluding steroid dienone is 2. The van der Waals surface area contributed by atoms with E-state index < -0.39 is 0 Å². The van der Waals surface area contributed by atoms with Crippen LogP contribution in [0.1, 0.15) is 29.6 Å². The maximum Gasteiger partial charge on any atom is 0.251 e. The fraction of sp³-hybridized carbons (Fsp3) is 0.368. The predicted octanol–water partition coefficient (Wildman–Crippen LogP) is 1.33. The molecule has 0 radical (unpaired) electrons. The molecule has 1 aromatic rings. The van der Waals surface area contributed by atoms with E-state index >= 15 is 0 Å². The lowest BCUT2D eigenvalue weighted by Gasteiger charge is -2.14. The molecule has 1 fully saturated rings. The van der Waals surface area contributed by atoms with Gasteiger partial charge in [0.15, 0.2) is 0 Å². The number of carbonyl (C=O) groups excluding carboxylic acids is 4. The van der Waals surface area contributed by atoms with Crippen molar-refractivity contribution in [2.75, 3.05) is 18.9 Å². The number of hydrogen-bond acceptors (Lipinski definition) is 4. The van der Waals surface area contributed by atoms with Gasteiger partial charge in [0.1, 0.15) is 0 Å². The monoisotopic (exact) mass is 355 g/mol. The molecule has 2 atom stereocenters. The molecule has 136 valence electrons. The summed E-state index contributed by atoms with van der Waals surface area (Å²) >= 11 is 0. The second kappa shape index (κ2) is 7.51. The van der Waals surface area contributed by atoms with Crippen molar-refractivity contribution in [2.45, 2.75) is 19.3 Å². The van der Waals surface area contributed by atoms with Gasteiger partial charge in [0.2, 0.25) is 17.7 Å². The van der Waals surface area contributed by atoms with E-state index in [4.69, 9.17) is 0 Å². The predicted molar refractivity (Wildman–Crippen MR) is 95.2 cm³/mol. The quantitative estimate of drug-likeness (QED) is 0.615. The topological polar surface area (TPSA) is 95.6 Å². The lowest BCUT2D eigenvalue weighted by molar-refractivity contribution is -0.140. The van der Waals surface area contributed by atoms with Gasteiger partial charge in [-0.1, -0.05) is 18.2 Å². The van der Waals surface area contributed by atoms with E-state index in [2.05, 4.69) is 10.6 Å². The standard InChI is InChI=1S/C19H21N3O4/c1-20-17(24)12-5-4-6-13(11-12)21-16(23)9-10-22-18(25)14-7-2-3-8-15(14)19(22)26/h2-6,11,14-15H,7-10H2,1H3,(H,20,24)(H,21,23). The molecule has 0 saturated carbocycles. The van der Waals surface area contributed by atoms with Gasteiger partial charge >= 0.3 is 0 Å². The first kappa shape index (κ1) is 17.8. The summed E-state index contributed by atoms with van der Waals surface area (Å²) in [6, 6.07) is 6.57. The highest BCUT2D eigenvalue weighted by Crippen LogP contribution is 2.35. The summed E-state index contributed by atoms with van der Waals surface area (Å²) in [4.78, 5) is 49.8. The summed E-state index contributed by atoms with van der Waals surface area (Å²) in [5.74, 6) is -1.48. The van der Waals surface area contributed by atoms with E-state index in [-0.39, 0.29) is 48.4 Å². The minimum Gasteiger partial charge on any atom is -0.355 e. The number of nitrogens with zero attached hydrogens (tertiary/aromatic N) is 1. The number of carbonyl (C=O) groups is 4. The van der Waals surface area contributed by atoms with Gasteiger partial charge in [-0.2, -0.15) is 0 Å². The van der Waals surface area contributed by atoms with Crippen LogP contribution in [0, 0.1) is 11.8 Å². The van der Waals surface area contributed by atoms with Crippen LogP contribution in [0.4, 0.5) is 5.69 Å². The van der Waals surface area contributed by atoms with Crippen LogP contribution in [0.15, 0.2) is 36.4 Å². The van der Waals surface area contributed by atoms with Crippen LogP contribution in [0.3, 0.4) is 0 Å². The van der Waals surface area contributed by atoms with Crippen LogP contribution in [0.5, 0.6) is 0 Å². The number of benzene rings is 1. The van der Waals surface area contributed by atoms with Gasteiger partial charge in [0.05, 0.1) is 11.8 Å². The molecule has 3 rings (SSSR count). The maximum atomic E-state index is 12.4. The minimum atomic E-state index is -0.312. The minimum absolute atomic E-state index is 0.0224. The molecule has 1 aromatic carbocycles. The van der Waals surface area contributed by atoms with E-state index in [1.807, 2.05) is 12.2 Å². The van der Waals surface area contributed by atoms with Crippen molar-refractivity contribution in [1.29, 1.82) is 0 Å². The normalized spacial score (nSPS) is 21.5. The Hall–Kier alpha value is -2.96. The van der Waals surface area contributed by atoms with Gasteiger partial charge in [0, 0.05) is 31.3 Å². The average molecular weight is 355 g/mol. The summed E-state index contributed by atoms with van der Waals surface area (Å²) in [6.07, 6.45) is 5.06. The third kappa shape index (κ3) is 3.51. The Morgan fingerprint density at radius 2 is 1.77 bits per heavy atom. The number of rotatable bonds is 5. The summed E-state index contributed by atoms with van der Waals surface area (Å²) < 4.78 is 0. The van der Waals surface area contributed by atoms with Crippen molar-refractivity contribution in [3.63, 3.8) is 0 Å². The third-order valence-corrected chi connectivity index (χ3v) is 4.80. The summed E-state index contributed by atoms with van der Waals surface area (Å²) in [7, 11) is 1.53. The van der Waals surface area contributed by atoms with Crippen molar-refractivity contribution in [1.82, 2.24) is 10.2 Å². The number of anilines is 1. The van der Waals surface area contributed by atoms with Gasteiger partial charge in [-0.05, 0) is 31.0 Å². The number of likely N-dealkylation sites (tertiary alicyclic amines) is 1. The number of amides is 4. The van der Waals surface area contributed by atoms with E-state index in [9.17, 15) is 19.2 Å². The molecule has 1 saturated heterocycles. The highest BCUT2D eigenvalue weighted by molar-refractivity contribution is 6.06. The molecule has 1 aliphatic heterocycles. The molecule has 2 aliphatic rings. The Bertz CT molecular complexity index is 761. The molecule has 2 N–H and O–H groups in total. The second-order valence-electron chi connectivity index (χ2n) is 6.44. The van der Waals surface area contributed by atoms with Gasteiger partial charge in [-0.25, -0.2) is 0 Å². The Morgan fingerprint density at radius 1 is 1.12 bits per heavy atom. The van der Waals surface area contributed by atoms with Gasteiger partial charge in [-0.3, -0.25) is 24.1 Å². The van der Waals surface area contributed by atoms with E-state index in [1.54, 1.807) is 24.3 Å². The van der Waals surface area contributed by atoms with Gasteiger partial charge in [-0.15, -0.1) is 0 Å². The third-order valence-electron chi connectivity index (χ3n) is 4.80. The lowest BCUT2D eigenvalue weighted by Crippen LogP contribution is -2.34. The van der Waals surface area contributed by atoms with Gasteiger partial charge in [0.25, 0.3) is 5.91 Å². The zero-order valence-corrected chi connectivity index (χ0v) is 14.5. The van der Waals surface area contributed by atoms with Crippen molar-refractivity contribution in [2.24, 2.45) is 11.8 Å². The highest BCUT2D eigenvalue weighted by Gasteiger charge is 2.46. The number of imide groups is 1. The summed E-state index contributed by atoms with van der Waals surface area (Å²) in [5, 5.41) is 5.22. The van der Waals surface area contributed by atoms with E-state index in [0.717, 1.165) is 0 Å². The number of fused-ring (bicyclic) bond motifs is 1. The van der Waals surface area contributed by atoms with Crippen molar-refractivity contribution in [3.05, 3.63) is 42.0 Å². The molecule has 7 heteroatoms. The maximum absolute atomic E-state index is 12.4. The van der Waals surface area contributed by atoms with E-state index in [0.29, 0.717) is 24.1 Å². The Morgan fingerprint density at radius 3 is 2.38 bits per heavy atom. The molecule has 7 nitrogen and oxygen atoms in total. The van der Waals surface area contributed by atoms with Crippen LogP contribution in [-0.2, 0) is 14.4 Å². The first-order valence-corrected chi connectivity index (χ1v) is 8.63. The van der Waals surface area contributed by atoms with Crippen molar-refractivity contribution in [3.8, 4) is 0 Å². The first-order chi connectivity index (χ1) is 12.5. The molecule has 1 heterocycles. The van der Waals surface area contributed by atoms with Gasteiger partial charge < -0.3 is 10.6 Å². The first-order valence-electron chi connectivity index (χ1n) is 8.63. The smallest absolute Gasteiger partial charge is 0.251 e. The number of hydrogen-bond donors (Lipinski definition) is 2. The fourth-order valence-electron chi connectivity index (χ4n) is 3.41. The Labute approximate surface area is 151 Å². The number of nitrogens with one attached hydrogen (secondary N) is 2. The summed E-state index contributed by atoms with van der Waals surface area (Å²) in [6.45, 7) is 0.0750. The molecular formula is C19H21N3O4. The Kier molecular flexibility index (Phi) is 5.16. The van der Waals surface area contributed by atoms with Crippen LogP contribution >= 0.6 is 0 Å². The lowest BCUT2D eigenvalue weighted by atomic mass is 9.85. The van der Waals surface area contributed by atoms with Crippen molar-refractivity contribution < 1.29 is 19.2 Å². The zero-order chi connectivity index (χ0) is 18.7. The molecule has 0 bridgehead atoms. The molecule has 0 spiro atoms. The second-order valence-corrected chi connectivity index (χ2v) is 6.44.